The van der Waals surface area contributed by atoms with Gasteiger partial charge in [-0.25, -0.2) is 0 Å². The SMILES string of the molecule is Cc1cc([N+](=O)[O-])cc(C[N+](C)(Cc2cc([N+](=O)[O-])cc(C)c2O)Cc2cc([N+](=O)[O-])cc(C)c2O)c1O. The predicted molar refractivity (Wildman–Crippen MR) is 136 cm³/mol. The third-order valence-electron chi connectivity index (χ3n) is 6.38. The maximum atomic E-state index is 11.5. The molecule has 0 aromatic heterocycles. The van der Waals surface area contributed by atoms with E-state index in [0.29, 0.717) is 0 Å². The molecule has 3 aromatic rings. The second kappa shape index (κ2) is 10.3. The first kappa shape index (κ1) is 27.8. The first-order valence-corrected chi connectivity index (χ1v) is 11.4. The van der Waals surface area contributed by atoms with Crippen molar-refractivity contribution >= 4 is 17.1 Å². The second-order valence-corrected chi connectivity index (χ2v) is 9.68. The number of hydrogen-bond acceptors (Lipinski definition) is 9. The summed E-state index contributed by atoms with van der Waals surface area (Å²) in [6.45, 7) is 4.25. The van der Waals surface area contributed by atoms with Crippen LogP contribution in [0, 0.1) is 51.1 Å². The van der Waals surface area contributed by atoms with Crippen molar-refractivity contribution in [3.63, 3.8) is 0 Å². The van der Waals surface area contributed by atoms with Crippen LogP contribution in [0.15, 0.2) is 36.4 Å². The van der Waals surface area contributed by atoms with E-state index in [2.05, 4.69) is 0 Å². The van der Waals surface area contributed by atoms with Crippen molar-refractivity contribution < 1.29 is 34.6 Å². The maximum absolute atomic E-state index is 11.5. The molecule has 0 atom stereocenters. The van der Waals surface area contributed by atoms with E-state index in [4.69, 9.17) is 0 Å². The summed E-state index contributed by atoms with van der Waals surface area (Å²) in [4.78, 5) is 32.6. The molecule has 0 saturated carbocycles. The minimum atomic E-state index is -0.605. The quantitative estimate of drug-likeness (QED) is 0.199. The fourth-order valence-electron chi connectivity index (χ4n) is 4.58. The number of rotatable bonds is 9. The van der Waals surface area contributed by atoms with Crippen molar-refractivity contribution in [1.82, 2.24) is 0 Å². The van der Waals surface area contributed by atoms with Gasteiger partial charge in [0.1, 0.15) is 36.9 Å². The lowest BCUT2D eigenvalue weighted by Gasteiger charge is -2.35. The standard InChI is InChI=1S/C25H26N4O9/c1-14-5-20(26(33)34)8-17(23(14)30)11-29(4,12-18-9-21(27(35)36)6-15(2)24(18)31)13-19-10-22(28(37)38)7-16(3)25(19)32/h5-10H,11-13H2,1-4H3,(H2-,30,31,32)/p+1. The molecule has 0 heterocycles. The van der Waals surface area contributed by atoms with Gasteiger partial charge in [0.2, 0.25) is 0 Å². The van der Waals surface area contributed by atoms with E-state index < -0.39 is 14.8 Å². The van der Waals surface area contributed by atoms with E-state index in [1.807, 2.05) is 0 Å². The van der Waals surface area contributed by atoms with Crippen molar-refractivity contribution in [2.75, 3.05) is 7.05 Å². The van der Waals surface area contributed by atoms with Crippen LogP contribution in [0.25, 0.3) is 0 Å². The van der Waals surface area contributed by atoms with Crippen molar-refractivity contribution in [3.05, 3.63) is 100 Å². The zero-order valence-corrected chi connectivity index (χ0v) is 21.2. The van der Waals surface area contributed by atoms with Gasteiger partial charge in [0.15, 0.2) is 0 Å². The first-order valence-electron chi connectivity index (χ1n) is 11.4. The fourth-order valence-corrected chi connectivity index (χ4v) is 4.58. The average molecular weight is 528 g/mol. The summed E-state index contributed by atoms with van der Waals surface area (Å²) in [5.41, 5.74) is 0.531. The highest BCUT2D eigenvalue weighted by Gasteiger charge is 2.31. The van der Waals surface area contributed by atoms with E-state index in [1.165, 1.54) is 57.2 Å². The number of quaternary nitrogens is 1. The van der Waals surface area contributed by atoms with Gasteiger partial charge in [-0.1, -0.05) is 0 Å². The van der Waals surface area contributed by atoms with Gasteiger partial charge in [-0.15, -0.1) is 0 Å². The number of aromatic hydroxyl groups is 3. The smallest absolute Gasteiger partial charge is 0.270 e. The van der Waals surface area contributed by atoms with Crippen LogP contribution < -0.4 is 0 Å². The van der Waals surface area contributed by atoms with Gasteiger partial charge in [0.25, 0.3) is 17.1 Å². The van der Waals surface area contributed by atoms with Crippen LogP contribution in [0.2, 0.25) is 0 Å². The van der Waals surface area contributed by atoms with Gasteiger partial charge < -0.3 is 19.8 Å². The summed E-state index contributed by atoms with van der Waals surface area (Å²) < 4.78 is -0.184. The number of nitro groups is 3. The van der Waals surface area contributed by atoms with Crippen LogP contribution in [0.4, 0.5) is 17.1 Å². The number of benzene rings is 3. The molecule has 0 unspecified atom stereocenters. The predicted octanol–water partition coefficient (Wildman–Crippen LogP) is 4.80. The van der Waals surface area contributed by atoms with Gasteiger partial charge >= 0.3 is 0 Å². The number of phenolic OH excluding ortho intramolecular Hbond substituents is 3. The van der Waals surface area contributed by atoms with E-state index in [1.54, 1.807) is 7.05 Å². The largest absolute Gasteiger partial charge is 0.507 e. The molecule has 3 rings (SSSR count). The molecule has 0 bridgehead atoms. The van der Waals surface area contributed by atoms with Crippen LogP contribution in [-0.2, 0) is 19.6 Å². The Morgan fingerprint density at radius 1 is 0.579 bits per heavy atom. The molecule has 0 fully saturated rings. The highest BCUT2D eigenvalue weighted by Crippen LogP contribution is 2.37. The molecular formula is C25H27N4O9+. The highest BCUT2D eigenvalue weighted by molar-refractivity contribution is 5.51. The number of nitro benzene ring substituents is 3. The molecule has 0 aliphatic rings. The summed E-state index contributed by atoms with van der Waals surface area (Å²) in [6.07, 6.45) is 0. The van der Waals surface area contributed by atoms with Crippen LogP contribution in [0.5, 0.6) is 17.2 Å². The van der Waals surface area contributed by atoms with Crippen molar-refractivity contribution in [2.45, 2.75) is 40.4 Å². The van der Waals surface area contributed by atoms with Crippen molar-refractivity contribution in [1.29, 1.82) is 0 Å². The number of non-ortho nitro benzene ring substituents is 3. The zero-order chi connectivity index (χ0) is 28.5. The van der Waals surface area contributed by atoms with E-state index >= 15 is 0 Å². The van der Waals surface area contributed by atoms with Gasteiger partial charge in [-0.05, 0) is 37.5 Å². The Morgan fingerprint density at radius 2 is 0.816 bits per heavy atom. The molecule has 0 radical (unpaired) electrons. The lowest BCUT2D eigenvalue weighted by atomic mass is 10.0. The normalized spacial score (nSPS) is 11.4. The molecule has 0 aliphatic carbocycles. The average Bonchev–Trinajstić information content (AvgIpc) is 2.82. The van der Waals surface area contributed by atoms with Gasteiger partial charge in [0.05, 0.1) is 38.5 Å². The van der Waals surface area contributed by atoms with Crippen LogP contribution in [-0.4, -0.2) is 41.6 Å². The molecule has 38 heavy (non-hydrogen) atoms. The number of hydrogen-bond donors (Lipinski definition) is 3. The fraction of sp³-hybridized carbons (Fsp3) is 0.280. The lowest BCUT2D eigenvalue weighted by molar-refractivity contribution is -0.948. The molecular weight excluding hydrogens is 500 g/mol. The summed E-state index contributed by atoms with van der Waals surface area (Å²) in [5.74, 6) is -0.587. The van der Waals surface area contributed by atoms with Crippen LogP contribution >= 0.6 is 0 Å². The van der Waals surface area contributed by atoms with Crippen LogP contribution in [0.3, 0.4) is 0 Å². The Morgan fingerprint density at radius 3 is 1.03 bits per heavy atom. The Kier molecular flexibility index (Phi) is 7.54. The van der Waals surface area contributed by atoms with Crippen molar-refractivity contribution in [2.24, 2.45) is 0 Å². The molecule has 0 spiro atoms. The third-order valence-corrected chi connectivity index (χ3v) is 6.38. The van der Waals surface area contributed by atoms with Crippen LogP contribution in [0.1, 0.15) is 33.4 Å². The molecule has 200 valence electrons. The zero-order valence-electron chi connectivity index (χ0n) is 21.2. The Hall–Kier alpha value is -4.78. The first-order chi connectivity index (χ1) is 17.6. The van der Waals surface area contributed by atoms with Gasteiger partial charge in [0, 0.05) is 36.4 Å². The summed E-state index contributed by atoms with van der Waals surface area (Å²) in [5, 5.41) is 66.5. The maximum Gasteiger partial charge on any atom is 0.270 e. The number of aryl methyl sites for hydroxylation is 3. The molecule has 0 amide bonds. The second-order valence-electron chi connectivity index (χ2n) is 9.68. The monoisotopic (exact) mass is 527 g/mol. The van der Waals surface area contributed by atoms with Gasteiger partial charge in [-0.3, -0.25) is 30.3 Å². The number of nitrogens with zero attached hydrogens (tertiary/aromatic N) is 4. The van der Waals surface area contributed by atoms with E-state index in [0.717, 1.165) is 0 Å². The highest BCUT2D eigenvalue weighted by atomic mass is 16.6. The Balaban J connectivity index is 2.20. The summed E-state index contributed by atoms with van der Waals surface area (Å²) in [7, 11) is 1.65. The third kappa shape index (κ3) is 5.78. The molecule has 13 heteroatoms. The molecule has 3 aromatic carbocycles. The van der Waals surface area contributed by atoms with Gasteiger partial charge in [-0.2, -0.15) is 0 Å². The molecule has 0 aliphatic heterocycles. The summed E-state index contributed by atoms with van der Waals surface area (Å²) in [6, 6.07) is 7.26. The van der Waals surface area contributed by atoms with E-state index in [9.17, 15) is 45.7 Å². The topological polar surface area (TPSA) is 190 Å². The Bertz CT molecular complexity index is 1300. The summed E-state index contributed by atoms with van der Waals surface area (Å²) >= 11 is 0. The molecule has 3 N–H and O–H groups in total. The number of phenols is 3. The minimum Gasteiger partial charge on any atom is -0.507 e. The molecule has 13 nitrogen and oxygen atoms in total. The molecule has 0 saturated heterocycles. The van der Waals surface area contributed by atoms with Crippen molar-refractivity contribution in [3.8, 4) is 17.2 Å². The van der Waals surface area contributed by atoms with E-state index in [-0.39, 0.29) is 91.8 Å². The minimum absolute atomic E-state index is 0.0866. The Labute approximate surface area is 216 Å². The lowest BCUT2D eigenvalue weighted by Crippen LogP contribution is -2.42.